The highest BCUT2D eigenvalue weighted by Crippen LogP contribution is 2.28. The second kappa shape index (κ2) is 8.47. The molecule has 0 atom stereocenters. The summed E-state index contributed by atoms with van der Waals surface area (Å²) < 4.78 is 5.90. The molecule has 0 aliphatic carbocycles. The van der Waals surface area contributed by atoms with Crippen molar-refractivity contribution in [2.45, 2.75) is 45.6 Å². The second-order valence-electron chi connectivity index (χ2n) is 5.20. The quantitative estimate of drug-likeness (QED) is 0.688. The molecule has 0 amide bonds. The molecule has 21 heavy (non-hydrogen) atoms. The lowest BCUT2D eigenvalue weighted by Crippen LogP contribution is -1.98. The third-order valence-electron chi connectivity index (χ3n) is 3.47. The summed E-state index contributed by atoms with van der Waals surface area (Å²) in [6.07, 6.45) is 6.13. The molecular formula is C17H24N2O2. The Balaban J connectivity index is 1.94. The number of H-pyrrole nitrogens is 1. The number of aromatic nitrogens is 2. The zero-order chi connectivity index (χ0) is 14.9. The first-order valence-electron chi connectivity index (χ1n) is 7.72. The molecule has 4 nitrogen and oxygen atoms in total. The molecule has 4 heteroatoms. The zero-order valence-electron chi connectivity index (χ0n) is 12.6. The fourth-order valence-corrected chi connectivity index (χ4v) is 2.27. The minimum atomic E-state index is -0.0343. The van der Waals surface area contributed by atoms with Crippen LogP contribution in [0.15, 0.2) is 30.3 Å². The van der Waals surface area contributed by atoms with Crippen molar-refractivity contribution in [2.24, 2.45) is 0 Å². The van der Waals surface area contributed by atoms with Gasteiger partial charge in [0.1, 0.15) is 5.75 Å². The van der Waals surface area contributed by atoms with Crippen LogP contribution in [0.25, 0.3) is 11.3 Å². The van der Waals surface area contributed by atoms with Gasteiger partial charge in [-0.3, -0.25) is 5.10 Å². The monoisotopic (exact) mass is 288 g/mol. The van der Waals surface area contributed by atoms with Gasteiger partial charge in [-0.05, 0) is 24.6 Å². The van der Waals surface area contributed by atoms with E-state index in [1.165, 1.54) is 25.7 Å². The first-order chi connectivity index (χ1) is 10.3. The number of unbranched alkanes of at least 4 members (excludes halogenated alkanes) is 4. The summed E-state index contributed by atoms with van der Waals surface area (Å²) in [7, 11) is 0. The van der Waals surface area contributed by atoms with Crippen LogP contribution in [-0.2, 0) is 6.61 Å². The molecule has 114 valence electrons. The minimum Gasteiger partial charge on any atom is -0.493 e. The number of aliphatic hydroxyl groups excluding tert-OH is 1. The van der Waals surface area contributed by atoms with Crippen molar-refractivity contribution in [1.29, 1.82) is 0 Å². The van der Waals surface area contributed by atoms with Gasteiger partial charge in [-0.1, -0.05) is 44.7 Å². The van der Waals surface area contributed by atoms with Crippen LogP contribution in [0.2, 0.25) is 0 Å². The average Bonchev–Trinajstić information content (AvgIpc) is 3.00. The maximum absolute atomic E-state index is 9.11. The Morgan fingerprint density at radius 3 is 2.71 bits per heavy atom. The van der Waals surface area contributed by atoms with Gasteiger partial charge in [0, 0.05) is 5.56 Å². The Hall–Kier alpha value is -1.81. The van der Waals surface area contributed by atoms with Crippen molar-refractivity contribution in [3.05, 3.63) is 36.0 Å². The first-order valence-corrected chi connectivity index (χ1v) is 7.72. The van der Waals surface area contributed by atoms with Crippen LogP contribution in [-0.4, -0.2) is 21.9 Å². The molecule has 0 aliphatic heterocycles. The molecule has 2 aromatic rings. The summed E-state index contributed by atoms with van der Waals surface area (Å²) >= 11 is 0. The lowest BCUT2D eigenvalue weighted by atomic mass is 10.1. The molecule has 0 saturated heterocycles. The van der Waals surface area contributed by atoms with Gasteiger partial charge in [0.15, 0.2) is 0 Å². The number of ether oxygens (including phenoxy) is 1. The van der Waals surface area contributed by atoms with Crippen LogP contribution in [0.4, 0.5) is 0 Å². The van der Waals surface area contributed by atoms with E-state index in [0.29, 0.717) is 5.69 Å². The second-order valence-corrected chi connectivity index (χ2v) is 5.20. The third-order valence-corrected chi connectivity index (χ3v) is 3.47. The number of para-hydroxylation sites is 1. The smallest absolute Gasteiger partial charge is 0.128 e. The number of hydrogen-bond acceptors (Lipinski definition) is 3. The van der Waals surface area contributed by atoms with Crippen LogP contribution in [0.3, 0.4) is 0 Å². The molecule has 0 aliphatic rings. The van der Waals surface area contributed by atoms with Crippen LogP contribution < -0.4 is 4.74 Å². The van der Waals surface area contributed by atoms with Gasteiger partial charge in [0.25, 0.3) is 0 Å². The van der Waals surface area contributed by atoms with Gasteiger partial charge in [-0.25, -0.2) is 0 Å². The molecule has 1 heterocycles. The van der Waals surface area contributed by atoms with E-state index in [0.717, 1.165) is 30.0 Å². The molecule has 1 aromatic heterocycles. The van der Waals surface area contributed by atoms with Gasteiger partial charge in [0.2, 0.25) is 0 Å². The van der Waals surface area contributed by atoms with E-state index >= 15 is 0 Å². The summed E-state index contributed by atoms with van der Waals surface area (Å²) in [4.78, 5) is 0. The lowest BCUT2D eigenvalue weighted by molar-refractivity contribution is 0.276. The van der Waals surface area contributed by atoms with Crippen molar-refractivity contribution in [3.8, 4) is 17.0 Å². The number of aliphatic hydroxyl groups is 1. The molecule has 0 fully saturated rings. The van der Waals surface area contributed by atoms with Crippen LogP contribution in [0.1, 0.15) is 44.7 Å². The summed E-state index contributed by atoms with van der Waals surface area (Å²) in [6.45, 7) is 2.92. The normalized spacial score (nSPS) is 10.8. The van der Waals surface area contributed by atoms with Crippen molar-refractivity contribution < 1.29 is 9.84 Å². The number of benzene rings is 1. The molecule has 0 radical (unpaired) electrons. The minimum absolute atomic E-state index is 0.0343. The number of nitrogens with one attached hydrogen (secondary N) is 1. The van der Waals surface area contributed by atoms with E-state index in [-0.39, 0.29) is 6.61 Å². The summed E-state index contributed by atoms with van der Waals surface area (Å²) in [6, 6.07) is 9.74. The van der Waals surface area contributed by atoms with E-state index < -0.39 is 0 Å². The van der Waals surface area contributed by atoms with Gasteiger partial charge < -0.3 is 9.84 Å². The molecule has 1 aromatic carbocycles. The predicted molar refractivity (Wildman–Crippen MR) is 84.2 cm³/mol. The number of rotatable bonds is 9. The lowest BCUT2D eigenvalue weighted by Gasteiger charge is -2.09. The standard InChI is InChI=1S/C17H24N2O2/c1-2-3-4-5-8-11-21-17-10-7-6-9-15(17)16-12-14(13-20)18-19-16/h6-7,9-10,12,20H,2-5,8,11,13H2,1H3,(H,18,19). The Morgan fingerprint density at radius 1 is 1.14 bits per heavy atom. The highest BCUT2D eigenvalue weighted by Gasteiger charge is 2.09. The summed E-state index contributed by atoms with van der Waals surface area (Å²) in [5, 5.41) is 16.1. The molecule has 2 rings (SSSR count). The van der Waals surface area contributed by atoms with E-state index in [9.17, 15) is 0 Å². The van der Waals surface area contributed by atoms with Gasteiger partial charge in [-0.15, -0.1) is 0 Å². The molecule has 0 bridgehead atoms. The highest BCUT2D eigenvalue weighted by atomic mass is 16.5. The van der Waals surface area contributed by atoms with E-state index in [2.05, 4.69) is 17.1 Å². The fourth-order valence-electron chi connectivity index (χ4n) is 2.27. The van der Waals surface area contributed by atoms with Gasteiger partial charge in [-0.2, -0.15) is 5.10 Å². The summed E-state index contributed by atoms with van der Waals surface area (Å²) in [5.74, 6) is 0.851. The Labute approximate surface area is 126 Å². The topological polar surface area (TPSA) is 58.1 Å². The Morgan fingerprint density at radius 2 is 1.95 bits per heavy atom. The zero-order valence-corrected chi connectivity index (χ0v) is 12.6. The van der Waals surface area contributed by atoms with Crippen molar-refractivity contribution in [3.63, 3.8) is 0 Å². The predicted octanol–water partition coefficient (Wildman–Crippen LogP) is 3.92. The van der Waals surface area contributed by atoms with Gasteiger partial charge in [0.05, 0.1) is 24.6 Å². The largest absolute Gasteiger partial charge is 0.493 e. The molecule has 2 N–H and O–H groups in total. The molecule has 0 spiro atoms. The maximum Gasteiger partial charge on any atom is 0.128 e. The Bertz CT molecular complexity index is 537. The van der Waals surface area contributed by atoms with Crippen LogP contribution >= 0.6 is 0 Å². The van der Waals surface area contributed by atoms with E-state index in [4.69, 9.17) is 9.84 Å². The van der Waals surface area contributed by atoms with Crippen LogP contribution in [0.5, 0.6) is 5.75 Å². The van der Waals surface area contributed by atoms with Crippen molar-refractivity contribution in [1.82, 2.24) is 10.2 Å². The highest BCUT2D eigenvalue weighted by molar-refractivity contribution is 5.67. The van der Waals surface area contributed by atoms with Crippen molar-refractivity contribution in [2.75, 3.05) is 6.61 Å². The number of nitrogens with zero attached hydrogens (tertiary/aromatic N) is 1. The number of hydrogen-bond donors (Lipinski definition) is 2. The SMILES string of the molecule is CCCCCCCOc1ccccc1-c1cc(CO)[nH]n1. The summed E-state index contributed by atoms with van der Waals surface area (Å²) in [5.41, 5.74) is 2.47. The van der Waals surface area contributed by atoms with Crippen LogP contribution in [0, 0.1) is 0 Å². The molecule has 0 saturated carbocycles. The maximum atomic E-state index is 9.11. The fraction of sp³-hybridized carbons (Fsp3) is 0.471. The van der Waals surface area contributed by atoms with Crippen molar-refractivity contribution >= 4 is 0 Å². The molecule has 0 unspecified atom stereocenters. The average molecular weight is 288 g/mol. The number of aromatic amines is 1. The third kappa shape index (κ3) is 4.60. The first kappa shape index (κ1) is 15.6. The van der Waals surface area contributed by atoms with E-state index in [1.807, 2.05) is 30.3 Å². The van der Waals surface area contributed by atoms with E-state index in [1.54, 1.807) is 0 Å². The van der Waals surface area contributed by atoms with Gasteiger partial charge >= 0.3 is 0 Å². The Kier molecular flexibility index (Phi) is 6.28. The molecular weight excluding hydrogens is 264 g/mol.